The van der Waals surface area contributed by atoms with Crippen molar-refractivity contribution in [3.63, 3.8) is 0 Å². The summed E-state index contributed by atoms with van der Waals surface area (Å²) < 4.78 is 6.97. The Hall–Kier alpha value is -8.09. The van der Waals surface area contributed by atoms with E-state index < -0.39 is 0 Å². The van der Waals surface area contributed by atoms with Crippen molar-refractivity contribution in [1.29, 1.82) is 0 Å². The normalized spacial score (nSPS) is 11.7. The van der Waals surface area contributed by atoms with Crippen molar-refractivity contribution in [2.45, 2.75) is 0 Å². The third-order valence-corrected chi connectivity index (χ3v) is 11.5. The summed E-state index contributed by atoms with van der Waals surface area (Å²) >= 11 is 0. The lowest BCUT2D eigenvalue weighted by Crippen LogP contribution is -2.06. The Bertz CT molecular complexity index is 3470. The van der Waals surface area contributed by atoms with Crippen molar-refractivity contribution in [3.05, 3.63) is 206 Å². The van der Waals surface area contributed by atoms with Gasteiger partial charge in [0.05, 0.1) is 27.6 Å². The van der Waals surface area contributed by atoms with Crippen LogP contribution in [0.3, 0.4) is 0 Å². The fourth-order valence-electron chi connectivity index (χ4n) is 8.91. The summed E-state index contributed by atoms with van der Waals surface area (Å²) in [4.78, 5) is 15.3. The predicted molar refractivity (Wildman–Crippen MR) is 242 cm³/mol. The second kappa shape index (κ2) is 13.3. The molecule has 0 aliphatic heterocycles. The van der Waals surface area contributed by atoms with E-state index in [1.165, 1.54) is 38.3 Å². The van der Waals surface area contributed by atoms with Crippen LogP contribution in [0.2, 0.25) is 0 Å². The highest BCUT2D eigenvalue weighted by atomic mass is 15.2. The summed E-state index contributed by atoms with van der Waals surface area (Å²) in [7, 11) is 0. The molecule has 0 amide bonds. The average Bonchev–Trinajstić information content (AvgIpc) is 4.00. The van der Waals surface area contributed by atoms with Crippen LogP contribution in [0, 0.1) is 0 Å². The van der Waals surface area contributed by atoms with Gasteiger partial charge in [0.1, 0.15) is 0 Å². The standard InChI is InChI=1S/C53H34N6/c1-5-17-35(18-6-1)43-34-45-41-26-14-15-27-46(41)58(50(45)42-31-32-57(49(42)43)38-23-11-4-12-24-38)39-29-30-48-44(33-39)40-25-13-16-28-47(40)59(48)53-55-51(36-19-7-2-8-20-36)54-52(56-53)37-21-9-3-10-22-37/h1-34H. The Morgan fingerprint density at radius 2 is 0.847 bits per heavy atom. The Kier molecular flexibility index (Phi) is 7.43. The highest BCUT2D eigenvalue weighted by Crippen LogP contribution is 2.43. The SMILES string of the molecule is c1ccc(-c2nc(-c3ccccc3)nc(-n3c4ccccc4c4cc(-n5c6ccccc6c6cc(-c7ccccc7)c7c(ccn7-c7ccccc7)c65)ccc43)n2)cc1. The molecule has 6 nitrogen and oxygen atoms in total. The topological polar surface area (TPSA) is 53.5 Å². The molecule has 4 aromatic heterocycles. The summed E-state index contributed by atoms with van der Waals surface area (Å²) in [5, 5.41) is 5.86. The molecule has 59 heavy (non-hydrogen) atoms. The number of nitrogens with zero attached hydrogens (tertiary/aromatic N) is 6. The van der Waals surface area contributed by atoms with Crippen LogP contribution in [0.25, 0.3) is 106 Å². The minimum absolute atomic E-state index is 0.575. The number of fused-ring (bicyclic) bond motifs is 8. The summed E-state index contributed by atoms with van der Waals surface area (Å²) in [6, 6.07) is 70.5. The Morgan fingerprint density at radius 3 is 1.49 bits per heavy atom. The number of hydrogen-bond donors (Lipinski definition) is 0. The van der Waals surface area contributed by atoms with Crippen LogP contribution in [-0.2, 0) is 0 Å². The molecule has 0 atom stereocenters. The van der Waals surface area contributed by atoms with Gasteiger partial charge in [-0.2, -0.15) is 9.97 Å². The molecule has 12 rings (SSSR count). The maximum absolute atomic E-state index is 5.15. The summed E-state index contributed by atoms with van der Waals surface area (Å²) in [6.07, 6.45) is 2.22. The number of para-hydroxylation sites is 3. The van der Waals surface area contributed by atoms with Gasteiger partial charge in [0.15, 0.2) is 11.6 Å². The summed E-state index contributed by atoms with van der Waals surface area (Å²) in [5.41, 5.74) is 12.0. The minimum Gasteiger partial charge on any atom is -0.316 e. The molecule has 0 spiro atoms. The lowest BCUT2D eigenvalue weighted by atomic mass is 9.99. The number of benzene rings is 8. The maximum Gasteiger partial charge on any atom is 0.238 e. The highest BCUT2D eigenvalue weighted by molar-refractivity contribution is 6.22. The van der Waals surface area contributed by atoms with Crippen LogP contribution in [0.1, 0.15) is 0 Å². The van der Waals surface area contributed by atoms with Gasteiger partial charge in [0, 0.05) is 61.2 Å². The van der Waals surface area contributed by atoms with Crippen LogP contribution < -0.4 is 0 Å². The van der Waals surface area contributed by atoms with Crippen LogP contribution in [0.5, 0.6) is 0 Å². The molecule has 0 saturated heterocycles. The molecule has 12 aromatic rings. The quantitative estimate of drug-likeness (QED) is 0.170. The first-order valence-corrected chi connectivity index (χ1v) is 19.9. The van der Waals surface area contributed by atoms with E-state index in [1.54, 1.807) is 0 Å². The van der Waals surface area contributed by atoms with Gasteiger partial charge in [0.25, 0.3) is 0 Å². The third-order valence-electron chi connectivity index (χ3n) is 11.5. The molecule has 0 aliphatic carbocycles. The Morgan fingerprint density at radius 1 is 0.322 bits per heavy atom. The van der Waals surface area contributed by atoms with Crippen LogP contribution in [-0.4, -0.2) is 28.7 Å². The van der Waals surface area contributed by atoms with Crippen molar-refractivity contribution in [2.75, 3.05) is 0 Å². The van der Waals surface area contributed by atoms with E-state index in [0.29, 0.717) is 17.6 Å². The molecular weight excluding hydrogens is 721 g/mol. The van der Waals surface area contributed by atoms with E-state index in [4.69, 9.17) is 15.0 Å². The highest BCUT2D eigenvalue weighted by Gasteiger charge is 2.23. The molecule has 276 valence electrons. The lowest BCUT2D eigenvalue weighted by Gasteiger charge is -2.14. The van der Waals surface area contributed by atoms with Crippen molar-refractivity contribution >= 4 is 54.5 Å². The van der Waals surface area contributed by atoms with Gasteiger partial charge < -0.3 is 9.13 Å². The van der Waals surface area contributed by atoms with Gasteiger partial charge in [0.2, 0.25) is 5.95 Å². The second-order valence-corrected chi connectivity index (χ2v) is 14.9. The van der Waals surface area contributed by atoms with E-state index in [-0.39, 0.29) is 0 Å². The van der Waals surface area contributed by atoms with Gasteiger partial charge in [-0.25, -0.2) is 4.98 Å². The van der Waals surface area contributed by atoms with E-state index >= 15 is 0 Å². The van der Waals surface area contributed by atoms with Gasteiger partial charge in [-0.1, -0.05) is 146 Å². The van der Waals surface area contributed by atoms with Crippen molar-refractivity contribution in [3.8, 4) is 51.2 Å². The van der Waals surface area contributed by atoms with Crippen LogP contribution in [0.4, 0.5) is 0 Å². The van der Waals surface area contributed by atoms with Crippen molar-refractivity contribution in [1.82, 2.24) is 28.7 Å². The third kappa shape index (κ3) is 5.24. The number of hydrogen-bond acceptors (Lipinski definition) is 3. The predicted octanol–water partition coefficient (Wildman–Crippen LogP) is 13.0. The largest absolute Gasteiger partial charge is 0.316 e. The van der Waals surface area contributed by atoms with E-state index in [2.05, 4.69) is 159 Å². The molecule has 8 aromatic carbocycles. The molecule has 0 aliphatic rings. The minimum atomic E-state index is 0.575. The molecular formula is C53H34N6. The van der Waals surface area contributed by atoms with Crippen LogP contribution in [0.15, 0.2) is 206 Å². The molecule has 0 saturated carbocycles. The van der Waals surface area contributed by atoms with Crippen LogP contribution >= 0.6 is 0 Å². The number of rotatable bonds is 6. The van der Waals surface area contributed by atoms with Gasteiger partial charge in [-0.05, 0) is 60.2 Å². The zero-order valence-electron chi connectivity index (χ0n) is 31.8. The first-order valence-electron chi connectivity index (χ1n) is 19.9. The zero-order chi connectivity index (χ0) is 38.9. The van der Waals surface area contributed by atoms with E-state index in [1.807, 2.05) is 60.7 Å². The molecule has 0 N–H and O–H groups in total. The summed E-state index contributed by atoms with van der Waals surface area (Å²) in [5.74, 6) is 1.83. The Labute approximate surface area is 339 Å². The van der Waals surface area contributed by atoms with Crippen molar-refractivity contribution < 1.29 is 0 Å². The van der Waals surface area contributed by atoms with Crippen molar-refractivity contribution in [2.24, 2.45) is 0 Å². The second-order valence-electron chi connectivity index (χ2n) is 14.9. The Balaban J connectivity index is 1.14. The van der Waals surface area contributed by atoms with Gasteiger partial charge in [-0.15, -0.1) is 0 Å². The fraction of sp³-hybridized carbons (Fsp3) is 0. The van der Waals surface area contributed by atoms with E-state index in [0.717, 1.165) is 49.8 Å². The summed E-state index contributed by atoms with van der Waals surface area (Å²) in [6.45, 7) is 0. The average molecular weight is 755 g/mol. The first-order chi connectivity index (χ1) is 29.3. The fourth-order valence-corrected chi connectivity index (χ4v) is 8.91. The molecule has 0 radical (unpaired) electrons. The molecule has 0 bridgehead atoms. The first kappa shape index (κ1) is 33.1. The lowest BCUT2D eigenvalue weighted by molar-refractivity contribution is 0.953. The zero-order valence-corrected chi connectivity index (χ0v) is 31.8. The maximum atomic E-state index is 5.15. The number of aromatic nitrogens is 6. The molecule has 0 unspecified atom stereocenters. The molecule has 4 heterocycles. The van der Waals surface area contributed by atoms with E-state index in [9.17, 15) is 0 Å². The smallest absolute Gasteiger partial charge is 0.238 e. The van der Waals surface area contributed by atoms with Gasteiger partial charge >= 0.3 is 0 Å². The molecule has 6 heteroatoms. The molecule has 0 fully saturated rings. The monoisotopic (exact) mass is 754 g/mol. The van der Waals surface area contributed by atoms with Gasteiger partial charge in [-0.3, -0.25) is 4.57 Å².